The first-order chi connectivity index (χ1) is 14.5. The van der Waals surface area contributed by atoms with Crippen LogP contribution in [0.25, 0.3) is 12.2 Å². The summed E-state index contributed by atoms with van der Waals surface area (Å²) in [4.78, 5) is 16.2. The molecule has 1 aliphatic carbocycles. The number of carboxylic acid groups (broad SMARTS) is 1. The molecule has 1 aromatic rings. The molecule has 4 rings (SSSR count). The van der Waals surface area contributed by atoms with Gasteiger partial charge in [-0.25, -0.2) is 15.2 Å². The summed E-state index contributed by atoms with van der Waals surface area (Å²) in [6.07, 6.45) is 12.4. The molecule has 30 heavy (non-hydrogen) atoms. The summed E-state index contributed by atoms with van der Waals surface area (Å²) in [5.41, 5.74) is 7.86. The van der Waals surface area contributed by atoms with Crippen molar-refractivity contribution in [1.82, 2.24) is 10.4 Å². The highest BCUT2D eigenvalue weighted by atomic mass is 16.4. The van der Waals surface area contributed by atoms with Crippen molar-refractivity contribution in [3.8, 4) is 0 Å². The van der Waals surface area contributed by atoms with E-state index in [2.05, 4.69) is 43.0 Å². The van der Waals surface area contributed by atoms with Crippen molar-refractivity contribution in [2.75, 3.05) is 6.54 Å². The molecule has 1 aromatic heterocycles. The molecule has 2 aliphatic heterocycles. The van der Waals surface area contributed by atoms with Gasteiger partial charge in [0.1, 0.15) is 11.5 Å². The third-order valence-electron chi connectivity index (χ3n) is 6.15. The van der Waals surface area contributed by atoms with Crippen LogP contribution in [0, 0.1) is 5.92 Å². The second-order valence-electron chi connectivity index (χ2n) is 8.09. The number of nitrogens with zero attached hydrogens (tertiary/aromatic N) is 2. The SMILES string of the molecule is C=Cc1oc(CC)cc1/C=C(\C)C1=C(C2CCCCC2)N2NCC(C(=O)O)=C2N=C1. The van der Waals surface area contributed by atoms with E-state index in [1.54, 1.807) is 6.08 Å². The van der Waals surface area contributed by atoms with Gasteiger partial charge in [0, 0.05) is 35.4 Å². The minimum absolute atomic E-state index is 0.288. The first-order valence-corrected chi connectivity index (χ1v) is 10.8. The maximum absolute atomic E-state index is 11.7. The molecule has 0 saturated heterocycles. The largest absolute Gasteiger partial charge is 0.478 e. The van der Waals surface area contributed by atoms with Gasteiger partial charge in [0.15, 0.2) is 5.82 Å². The third kappa shape index (κ3) is 3.67. The number of hydrogen-bond acceptors (Lipinski definition) is 5. The Labute approximate surface area is 177 Å². The van der Waals surface area contributed by atoms with Crippen LogP contribution < -0.4 is 5.43 Å². The first-order valence-electron chi connectivity index (χ1n) is 10.8. The summed E-state index contributed by atoms with van der Waals surface area (Å²) in [5, 5.41) is 11.5. The van der Waals surface area contributed by atoms with E-state index < -0.39 is 5.97 Å². The van der Waals surface area contributed by atoms with Gasteiger partial charge in [0.05, 0.1) is 12.1 Å². The molecule has 0 spiro atoms. The molecular weight excluding hydrogens is 378 g/mol. The molecular formula is C24H29N3O3. The van der Waals surface area contributed by atoms with Crippen LogP contribution in [-0.2, 0) is 11.2 Å². The summed E-state index contributed by atoms with van der Waals surface area (Å²) < 4.78 is 5.85. The molecule has 3 heterocycles. The fraction of sp³-hybridized carbons (Fsp3) is 0.417. The Morgan fingerprint density at radius 2 is 2.17 bits per heavy atom. The number of carbonyl (C=O) groups is 1. The fourth-order valence-electron chi connectivity index (χ4n) is 4.58. The fourth-order valence-corrected chi connectivity index (χ4v) is 4.58. The second-order valence-corrected chi connectivity index (χ2v) is 8.09. The molecule has 1 fully saturated rings. The Morgan fingerprint density at radius 3 is 2.83 bits per heavy atom. The quantitative estimate of drug-likeness (QED) is 0.700. The van der Waals surface area contributed by atoms with E-state index >= 15 is 0 Å². The maximum atomic E-state index is 11.7. The highest BCUT2D eigenvalue weighted by molar-refractivity contribution is 5.93. The number of nitrogens with one attached hydrogen (secondary N) is 1. The topological polar surface area (TPSA) is 78.1 Å². The number of hydrogen-bond donors (Lipinski definition) is 2. The average Bonchev–Trinajstić information content (AvgIpc) is 3.37. The van der Waals surface area contributed by atoms with Gasteiger partial charge in [-0.2, -0.15) is 0 Å². The van der Waals surface area contributed by atoms with Crippen molar-refractivity contribution in [3.05, 3.63) is 58.0 Å². The van der Waals surface area contributed by atoms with Gasteiger partial charge in [-0.1, -0.05) is 32.8 Å². The second kappa shape index (κ2) is 8.48. The highest BCUT2D eigenvalue weighted by Gasteiger charge is 2.36. The van der Waals surface area contributed by atoms with Crippen molar-refractivity contribution in [2.24, 2.45) is 10.9 Å². The van der Waals surface area contributed by atoms with Crippen LogP contribution in [-0.4, -0.2) is 28.8 Å². The standard InChI is InChI=1S/C24H29N3O3/c1-4-18-12-17(21(5-2)30-18)11-15(3)19-13-25-23-20(24(28)29)14-26-27(23)22(19)16-9-7-6-8-10-16/h5,11-13,16,26H,2,4,6-10,14H2,1,3H3,(H,28,29)/b15-11+. The Bertz CT molecular complexity index is 987. The zero-order chi connectivity index (χ0) is 21.3. The lowest BCUT2D eigenvalue weighted by molar-refractivity contribution is -0.132. The molecule has 0 bridgehead atoms. The molecule has 0 unspecified atom stereocenters. The first kappa shape index (κ1) is 20.4. The smallest absolute Gasteiger partial charge is 0.336 e. The predicted molar refractivity (Wildman–Crippen MR) is 118 cm³/mol. The number of hydrazine groups is 1. The molecule has 6 nitrogen and oxygen atoms in total. The number of furan rings is 1. The van der Waals surface area contributed by atoms with Gasteiger partial charge in [-0.3, -0.25) is 5.01 Å². The summed E-state index contributed by atoms with van der Waals surface area (Å²) >= 11 is 0. The minimum atomic E-state index is -0.919. The van der Waals surface area contributed by atoms with E-state index in [9.17, 15) is 9.90 Å². The molecule has 3 aliphatic rings. The van der Waals surface area contributed by atoms with Crippen molar-refractivity contribution in [2.45, 2.75) is 52.4 Å². The number of rotatable bonds is 6. The summed E-state index contributed by atoms with van der Waals surface area (Å²) in [6, 6.07) is 2.06. The number of aliphatic carboxylic acids is 1. The lowest BCUT2D eigenvalue weighted by Gasteiger charge is -2.35. The Kier molecular flexibility index (Phi) is 5.77. The van der Waals surface area contributed by atoms with Crippen LogP contribution in [0.2, 0.25) is 0 Å². The van der Waals surface area contributed by atoms with Crippen molar-refractivity contribution in [1.29, 1.82) is 0 Å². The van der Waals surface area contributed by atoms with Crippen LogP contribution in [0.4, 0.5) is 0 Å². The summed E-state index contributed by atoms with van der Waals surface area (Å²) in [5.74, 6) is 1.68. The minimum Gasteiger partial charge on any atom is -0.478 e. The average molecular weight is 408 g/mol. The van der Waals surface area contributed by atoms with Gasteiger partial charge >= 0.3 is 5.97 Å². The zero-order valence-corrected chi connectivity index (χ0v) is 17.7. The normalized spacial score (nSPS) is 20.2. The highest BCUT2D eigenvalue weighted by Crippen LogP contribution is 2.40. The van der Waals surface area contributed by atoms with Crippen molar-refractivity contribution < 1.29 is 14.3 Å². The number of aliphatic imine (C=N–C) groups is 1. The molecule has 158 valence electrons. The Balaban J connectivity index is 1.79. The van der Waals surface area contributed by atoms with E-state index in [0.717, 1.165) is 53.2 Å². The predicted octanol–water partition coefficient (Wildman–Crippen LogP) is 4.92. The lowest BCUT2D eigenvalue weighted by atomic mass is 9.83. The van der Waals surface area contributed by atoms with Crippen LogP contribution in [0.5, 0.6) is 0 Å². The monoisotopic (exact) mass is 407 g/mol. The van der Waals surface area contributed by atoms with Crippen LogP contribution >= 0.6 is 0 Å². The van der Waals surface area contributed by atoms with E-state index in [0.29, 0.717) is 17.3 Å². The van der Waals surface area contributed by atoms with Gasteiger partial charge in [0.2, 0.25) is 0 Å². The van der Waals surface area contributed by atoms with Crippen LogP contribution in [0.15, 0.2) is 50.3 Å². The number of allylic oxidation sites excluding steroid dienone is 3. The molecule has 2 N–H and O–H groups in total. The van der Waals surface area contributed by atoms with Gasteiger partial charge in [0.25, 0.3) is 0 Å². The Hall–Kier alpha value is -2.86. The van der Waals surface area contributed by atoms with E-state index in [1.807, 2.05) is 11.2 Å². The van der Waals surface area contributed by atoms with Crippen LogP contribution in [0.3, 0.4) is 0 Å². The molecule has 0 amide bonds. The maximum Gasteiger partial charge on any atom is 0.336 e. The van der Waals surface area contributed by atoms with Crippen molar-refractivity contribution in [3.63, 3.8) is 0 Å². The molecule has 1 saturated carbocycles. The number of fused-ring (bicyclic) bond motifs is 1. The summed E-state index contributed by atoms with van der Waals surface area (Å²) in [6.45, 7) is 8.31. The lowest BCUT2D eigenvalue weighted by Crippen LogP contribution is -2.37. The number of carboxylic acids is 1. The third-order valence-corrected chi connectivity index (χ3v) is 6.15. The van der Waals surface area contributed by atoms with E-state index in [4.69, 9.17) is 4.42 Å². The van der Waals surface area contributed by atoms with Crippen LogP contribution in [0.1, 0.15) is 63.0 Å². The van der Waals surface area contributed by atoms with Crippen molar-refractivity contribution >= 4 is 24.3 Å². The molecule has 0 aromatic carbocycles. The number of aryl methyl sites for hydroxylation is 1. The van der Waals surface area contributed by atoms with Gasteiger partial charge in [-0.15, -0.1) is 0 Å². The molecule has 6 heteroatoms. The molecule has 0 radical (unpaired) electrons. The Morgan fingerprint density at radius 1 is 1.40 bits per heavy atom. The van der Waals surface area contributed by atoms with E-state index in [1.165, 1.54) is 19.3 Å². The van der Waals surface area contributed by atoms with E-state index in [-0.39, 0.29) is 6.54 Å². The summed E-state index contributed by atoms with van der Waals surface area (Å²) in [7, 11) is 0. The van der Waals surface area contributed by atoms with Gasteiger partial charge < -0.3 is 9.52 Å². The zero-order valence-electron chi connectivity index (χ0n) is 17.7. The molecule has 0 atom stereocenters. The van der Waals surface area contributed by atoms with Gasteiger partial charge in [-0.05, 0) is 43.6 Å².